The highest BCUT2D eigenvalue weighted by atomic mass is 35.5. The number of urea groups is 1. The van der Waals surface area contributed by atoms with Gasteiger partial charge in [-0.25, -0.2) is 9.69 Å². The number of amides is 4. The van der Waals surface area contributed by atoms with Gasteiger partial charge in [-0.2, -0.15) is 0 Å². The van der Waals surface area contributed by atoms with Crippen molar-refractivity contribution in [3.05, 3.63) is 88.7 Å². The van der Waals surface area contributed by atoms with E-state index >= 15 is 0 Å². The summed E-state index contributed by atoms with van der Waals surface area (Å²) < 4.78 is 7.61. The van der Waals surface area contributed by atoms with Crippen molar-refractivity contribution in [2.75, 3.05) is 11.5 Å². The molecule has 1 aliphatic rings. The van der Waals surface area contributed by atoms with Crippen LogP contribution in [0.4, 0.5) is 10.5 Å². The van der Waals surface area contributed by atoms with E-state index in [1.807, 2.05) is 29.0 Å². The fraction of sp³-hybridized carbons (Fsp3) is 0.222. The van der Waals surface area contributed by atoms with Crippen LogP contribution < -0.4 is 15.0 Å². The number of ether oxygens (including phenoxy) is 1. The van der Waals surface area contributed by atoms with Gasteiger partial charge in [-0.15, -0.1) is 0 Å². The van der Waals surface area contributed by atoms with E-state index < -0.39 is 17.8 Å². The summed E-state index contributed by atoms with van der Waals surface area (Å²) >= 11 is 5.90. The Morgan fingerprint density at radius 2 is 1.74 bits per heavy atom. The molecule has 3 aromatic rings. The normalized spacial score (nSPS) is 15.9. The lowest BCUT2D eigenvalue weighted by atomic mass is 9.98. The molecule has 0 radical (unpaired) electrons. The van der Waals surface area contributed by atoms with Crippen LogP contribution in [0.2, 0.25) is 5.02 Å². The number of carbonyl (C=O) groups excluding carboxylic acids is 3. The number of halogens is 1. The van der Waals surface area contributed by atoms with Crippen molar-refractivity contribution in [1.82, 2.24) is 9.88 Å². The summed E-state index contributed by atoms with van der Waals surface area (Å²) in [5.41, 5.74) is 2.05. The summed E-state index contributed by atoms with van der Waals surface area (Å²) in [4.78, 5) is 39.3. The second-order valence-corrected chi connectivity index (χ2v) is 8.72. The first-order valence-electron chi connectivity index (χ1n) is 11.4. The zero-order valence-electron chi connectivity index (χ0n) is 19.5. The third kappa shape index (κ3) is 5.46. The Bertz CT molecular complexity index is 1260. The van der Waals surface area contributed by atoms with Crippen LogP contribution in [-0.4, -0.2) is 29.0 Å². The number of nitrogens with one attached hydrogen (secondary N) is 1. The summed E-state index contributed by atoms with van der Waals surface area (Å²) in [7, 11) is 0. The summed E-state index contributed by atoms with van der Waals surface area (Å²) in [6, 6.07) is 17.2. The number of nitrogens with zero attached hydrogens (tertiary/aromatic N) is 2. The molecule has 0 aliphatic carbocycles. The maximum absolute atomic E-state index is 13.2. The highest BCUT2D eigenvalue weighted by Gasteiger charge is 2.37. The smallest absolute Gasteiger partial charge is 0.335 e. The van der Waals surface area contributed by atoms with Crippen LogP contribution in [0.15, 0.2) is 72.4 Å². The third-order valence-electron chi connectivity index (χ3n) is 6.01. The number of carbonyl (C=O) groups is 3. The predicted octanol–water partition coefficient (Wildman–Crippen LogP) is 5.40. The number of hydrogen-bond donors (Lipinski definition) is 1. The van der Waals surface area contributed by atoms with Crippen molar-refractivity contribution in [1.29, 1.82) is 0 Å². The maximum Gasteiger partial charge on any atom is 0.335 e. The second-order valence-electron chi connectivity index (χ2n) is 8.29. The van der Waals surface area contributed by atoms with Crippen LogP contribution in [0.1, 0.15) is 37.4 Å². The van der Waals surface area contributed by atoms with Gasteiger partial charge in [0.15, 0.2) is 0 Å². The van der Waals surface area contributed by atoms with Crippen molar-refractivity contribution < 1.29 is 19.1 Å². The first-order chi connectivity index (χ1) is 16.9. The average Bonchev–Trinajstić information content (AvgIpc) is 3.29. The Morgan fingerprint density at radius 3 is 2.43 bits per heavy atom. The molecule has 7 nitrogen and oxygen atoms in total. The van der Waals surface area contributed by atoms with Crippen molar-refractivity contribution >= 4 is 41.2 Å². The number of anilines is 1. The monoisotopic (exact) mass is 491 g/mol. The van der Waals surface area contributed by atoms with E-state index in [4.69, 9.17) is 16.3 Å². The average molecular weight is 492 g/mol. The summed E-state index contributed by atoms with van der Waals surface area (Å²) in [5.74, 6) is -0.335. The summed E-state index contributed by atoms with van der Waals surface area (Å²) in [5, 5.41) is 2.90. The Morgan fingerprint density at radius 1 is 1.03 bits per heavy atom. The Hall–Kier alpha value is -3.84. The zero-order valence-corrected chi connectivity index (χ0v) is 20.3. The van der Waals surface area contributed by atoms with E-state index in [0.717, 1.165) is 16.9 Å². The van der Waals surface area contributed by atoms with Crippen LogP contribution in [0.5, 0.6) is 5.75 Å². The fourth-order valence-corrected chi connectivity index (χ4v) is 3.91. The van der Waals surface area contributed by atoms with Gasteiger partial charge in [-0.3, -0.25) is 14.9 Å². The van der Waals surface area contributed by atoms with E-state index in [9.17, 15) is 14.4 Å². The lowest BCUT2D eigenvalue weighted by Crippen LogP contribution is -2.54. The highest BCUT2D eigenvalue weighted by Crippen LogP contribution is 2.26. The highest BCUT2D eigenvalue weighted by molar-refractivity contribution is 6.39. The molecule has 8 heteroatoms. The molecular formula is C27H26ClN3O4. The summed E-state index contributed by atoms with van der Waals surface area (Å²) in [6.45, 7) is 5.08. The minimum absolute atomic E-state index is 0.117. The van der Waals surface area contributed by atoms with Crippen LogP contribution in [0.25, 0.3) is 6.08 Å². The molecule has 0 bridgehead atoms. The van der Waals surface area contributed by atoms with Crippen LogP contribution in [0, 0.1) is 0 Å². The van der Waals surface area contributed by atoms with Crippen molar-refractivity contribution in [2.24, 2.45) is 0 Å². The molecule has 4 rings (SSSR count). The van der Waals surface area contributed by atoms with Gasteiger partial charge >= 0.3 is 6.03 Å². The number of barbiturate groups is 1. The van der Waals surface area contributed by atoms with Gasteiger partial charge in [0, 0.05) is 16.9 Å². The molecule has 1 unspecified atom stereocenters. The Balaban J connectivity index is 1.51. The molecule has 1 saturated heterocycles. The molecule has 2 aromatic carbocycles. The van der Waals surface area contributed by atoms with Gasteiger partial charge in [0.2, 0.25) is 0 Å². The molecule has 0 spiro atoms. The zero-order chi connectivity index (χ0) is 24.9. The number of hydrogen-bond acceptors (Lipinski definition) is 4. The lowest BCUT2D eigenvalue weighted by molar-refractivity contribution is -0.122. The van der Waals surface area contributed by atoms with Crippen molar-refractivity contribution in [3.8, 4) is 5.75 Å². The SMILES string of the molecule is CCC(C)c1ccc(N2C(=O)NC(=O)C(=Cc3cccn3CCOc3ccc(Cl)cc3)C2=O)cc1. The van der Waals surface area contributed by atoms with E-state index in [2.05, 4.69) is 19.2 Å². The second kappa shape index (κ2) is 10.6. The van der Waals surface area contributed by atoms with Crippen LogP contribution >= 0.6 is 11.6 Å². The van der Waals surface area contributed by atoms with Gasteiger partial charge in [-0.1, -0.05) is 37.6 Å². The molecule has 1 atom stereocenters. The molecule has 1 N–H and O–H groups in total. The number of imide groups is 2. The predicted molar refractivity (Wildman–Crippen MR) is 136 cm³/mol. The van der Waals surface area contributed by atoms with Crippen molar-refractivity contribution in [3.63, 3.8) is 0 Å². The number of aromatic nitrogens is 1. The van der Waals surface area contributed by atoms with Gasteiger partial charge in [0.25, 0.3) is 11.8 Å². The topological polar surface area (TPSA) is 80.6 Å². The molecular weight excluding hydrogens is 466 g/mol. The van der Waals surface area contributed by atoms with E-state index in [1.165, 1.54) is 6.08 Å². The van der Waals surface area contributed by atoms with Crippen LogP contribution in [0.3, 0.4) is 0 Å². The molecule has 0 saturated carbocycles. The van der Waals surface area contributed by atoms with E-state index in [-0.39, 0.29) is 5.57 Å². The third-order valence-corrected chi connectivity index (χ3v) is 6.26. The van der Waals surface area contributed by atoms with Gasteiger partial charge in [0.05, 0.1) is 12.2 Å². The van der Waals surface area contributed by atoms with Crippen molar-refractivity contribution in [2.45, 2.75) is 32.7 Å². The Kier molecular flexibility index (Phi) is 7.36. The molecule has 180 valence electrons. The summed E-state index contributed by atoms with van der Waals surface area (Å²) in [6.07, 6.45) is 4.31. The molecule has 2 heterocycles. The van der Waals surface area contributed by atoms with Gasteiger partial charge < -0.3 is 9.30 Å². The standard InChI is InChI=1S/C27H26ClN3O4/c1-3-18(2)19-6-10-21(11-7-19)31-26(33)24(25(32)29-27(31)34)17-22-5-4-14-30(22)15-16-35-23-12-8-20(28)9-13-23/h4-14,17-18H,3,15-16H2,1-2H3,(H,29,32,34). The molecule has 1 fully saturated rings. The van der Waals surface area contributed by atoms with Gasteiger partial charge in [-0.05, 0) is 72.5 Å². The fourth-order valence-electron chi connectivity index (χ4n) is 3.78. The first kappa shape index (κ1) is 24.3. The Labute approximate surface area is 208 Å². The largest absolute Gasteiger partial charge is 0.492 e. The van der Waals surface area contributed by atoms with E-state index in [0.29, 0.717) is 41.2 Å². The molecule has 35 heavy (non-hydrogen) atoms. The maximum atomic E-state index is 13.2. The molecule has 1 aromatic heterocycles. The molecule has 4 amide bonds. The minimum Gasteiger partial charge on any atom is -0.492 e. The van der Waals surface area contributed by atoms with E-state index in [1.54, 1.807) is 42.5 Å². The number of benzene rings is 2. The lowest BCUT2D eigenvalue weighted by Gasteiger charge is -2.26. The quantitative estimate of drug-likeness (QED) is 0.338. The number of rotatable bonds is 8. The van der Waals surface area contributed by atoms with Crippen LogP contribution in [-0.2, 0) is 16.1 Å². The first-order valence-corrected chi connectivity index (χ1v) is 11.8. The minimum atomic E-state index is -0.764. The molecule has 1 aliphatic heterocycles. The van der Waals surface area contributed by atoms with Gasteiger partial charge in [0.1, 0.15) is 17.9 Å².